The average molecular weight is 890 g/mol. The molecule has 1 aliphatic carbocycles. The third-order valence-corrected chi connectivity index (χ3v) is 14.5. The second kappa shape index (κ2) is 17.2. The van der Waals surface area contributed by atoms with Crippen LogP contribution in [-0.4, -0.2) is 0 Å². The van der Waals surface area contributed by atoms with E-state index in [1.54, 1.807) is 0 Å². The highest BCUT2D eigenvalue weighted by Gasteiger charge is 2.46. The fourth-order valence-corrected chi connectivity index (χ4v) is 11.5. The minimum atomic E-state index is -0.567. The van der Waals surface area contributed by atoms with Gasteiger partial charge in [-0.25, -0.2) is 0 Å². The summed E-state index contributed by atoms with van der Waals surface area (Å²) < 4.78 is 0. The zero-order chi connectivity index (χ0) is 46.4. The van der Waals surface area contributed by atoms with Gasteiger partial charge in [0.15, 0.2) is 0 Å². The van der Waals surface area contributed by atoms with Crippen LogP contribution >= 0.6 is 0 Å². The summed E-state index contributed by atoms with van der Waals surface area (Å²) in [6.45, 7) is 0. The van der Waals surface area contributed by atoms with E-state index in [1.165, 1.54) is 88.3 Å². The zero-order valence-electron chi connectivity index (χ0n) is 38.6. The quantitative estimate of drug-likeness (QED) is 0.131. The van der Waals surface area contributed by atoms with Crippen molar-refractivity contribution in [1.82, 2.24) is 0 Å². The first-order valence-electron chi connectivity index (χ1n) is 24.3. The van der Waals surface area contributed by atoms with Gasteiger partial charge in [-0.05, 0) is 130 Å². The number of anilines is 3. The van der Waals surface area contributed by atoms with E-state index in [4.69, 9.17) is 0 Å². The number of fused-ring (bicyclic) bond motifs is 6. The van der Waals surface area contributed by atoms with Crippen LogP contribution in [0.3, 0.4) is 0 Å². The zero-order valence-corrected chi connectivity index (χ0v) is 38.6. The molecule has 0 amide bonds. The van der Waals surface area contributed by atoms with Gasteiger partial charge in [-0.2, -0.15) is 0 Å². The van der Waals surface area contributed by atoms with E-state index < -0.39 is 5.41 Å². The van der Waals surface area contributed by atoms with Crippen molar-refractivity contribution >= 4 is 38.6 Å². The molecule has 0 aliphatic heterocycles. The average Bonchev–Trinajstić information content (AvgIpc) is 3.74. The summed E-state index contributed by atoms with van der Waals surface area (Å²) in [5, 5.41) is 4.89. The molecule has 0 fully saturated rings. The number of rotatable bonds is 9. The summed E-state index contributed by atoms with van der Waals surface area (Å²) in [6, 6.07) is 105. The molecule has 0 atom stereocenters. The largest absolute Gasteiger partial charge is 0.310 e. The number of nitrogens with zero attached hydrogens (tertiary/aromatic N) is 1. The van der Waals surface area contributed by atoms with Gasteiger partial charge in [0.25, 0.3) is 0 Å². The summed E-state index contributed by atoms with van der Waals surface area (Å²) in [5.41, 5.74) is 19.7. The highest BCUT2D eigenvalue weighted by molar-refractivity contribution is 6.22. The third kappa shape index (κ3) is 6.70. The van der Waals surface area contributed by atoms with E-state index in [-0.39, 0.29) is 0 Å². The Hall–Kier alpha value is -9.04. The lowest BCUT2D eigenvalue weighted by atomic mass is 9.67. The van der Waals surface area contributed by atoms with E-state index in [2.05, 4.69) is 290 Å². The lowest BCUT2D eigenvalue weighted by molar-refractivity contribution is 0.768. The molecule has 328 valence electrons. The van der Waals surface area contributed by atoms with Gasteiger partial charge in [0.2, 0.25) is 0 Å². The molecular weight excluding hydrogens is 843 g/mol. The standard InChI is InChI=1S/C69H47N/c1-7-23-48(24-8-1)52-39-44-66(62(45-52)49-25-9-2-10-26-49)70(56-41-43-60-59-36-21-22-38-64(59)69(65(60)47-56,53-31-15-5-16-32-53)54-33-17-6-18-34-54)55-40-42-58-57-35-19-20-37-61(57)67(50-27-11-3-12-28-50)68(63(58)46-55)51-29-13-4-14-30-51/h1-47H. The van der Waals surface area contributed by atoms with Gasteiger partial charge in [0.05, 0.1) is 11.1 Å². The Balaban J connectivity index is 1.14. The summed E-state index contributed by atoms with van der Waals surface area (Å²) >= 11 is 0. The van der Waals surface area contributed by atoms with Crippen LogP contribution in [0.4, 0.5) is 17.1 Å². The molecule has 0 spiro atoms. The number of hydrogen-bond acceptors (Lipinski definition) is 1. The maximum atomic E-state index is 2.52. The molecule has 1 heteroatoms. The molecule has 0 bridgehead atoms. The van der Waals surface area contributed by atoms with Crippen LogP contribution < -0.4 is 4.90 Å². The molecule has 70 heavy (non-hydrogen) atoms. The summed E-state index contributed by atoms with van der Waals surface area (Å²) in [5.74, 6) is 0. The second-order valence-corrected chi connectivity index (χ2v) is 18.3. The second-order valence-electron chi connectivity index (χ2n) is 18.3. The minimum Gasteiger partial charge on any atom is -0.310 e. The number of hydrogen-bond donors (Lipinski definition) is 0. The van der Waals surface area contributed by atoms with Gasteiger partial charge < -0.3 is 4.90 Å². The maximum absolute atomic E-state index is 2.52. The van der Waals surface area contributed by atoms with Crippen molar-refractivity contribution in [3.63, 3.8) is 0 Å². The van der Waals surface area contributed by atoms with Gasteiger partial charge >= 0.3 is 0 Å². The lowest BCUT2D eigenvalue weighted by Gasteiger charge is -2.35. The fourth-order valence-electron chi connectivity index (χ4n) is 11.5. The molecule has 1 aliphatic rings. The summed E-state index contributed by atoms with van der Waals surface area (Å²) in [7, 11) is 0. The molecule has 0 radical (unpaired) electrons. The first kappa shape index (κ1) is 41.2. The molecular formula is C69H47N. The van der Waals surface area contributed by atoms with E-state index in [0.29, 0.717) is 0 Å². The summed E-state index contributed by atoms with van der Waals surface area (Å²) in [4.78, 5) is 2.52. The van der Waals surface area contributed by atoms with Crippen molar-refractivity contribution in [3.05, 3.63) is 307 Å². The molecule has 12 aromatic rings. The first-order chi connectivity index (χ1) is 34.8. The Labute approximate surface area is 409 Å². The van der Waals surface area contributed by atoms with Gasteiger partial charge in [0, 0.05) is 16.9 Å². The normalized spacial score (nSPS) is 12.4. The van der Waals surface area contributed by atoms with E-state index >= 15 is 0 Å². The molecule has 13 rings (SSSR count). The van der Waals surface area contributed by atoms with Gasteiger partial charge in [0.1, 0.15) is 0 Å². The Morgan fingerprint density at radius 3 is 1.33 bits per heavy atom. The molecule has 0 aromatic heterocycles. The molecule has 0 saturated heterocycles. The van der Waals surface area contributed by atoms with Gasteiger partial charge in [-0.3, -0.25) is 0 Å². The third-order valence-electron chi connectivity index (χ3n) is 14.5. The molecule has 1 nitrogen and oxygen atoms in total. The molecule has 0 N–H and O–H groups in total. The number of benzene rings is 12. The van der Waals surface area contributed by atoms with E-state index in [9.17, 15) is 0 Å². The van der Waals surface area contributed by atoms with Crippen LogP contribution in [0, 0.1) is 0 Å². The van der Waals surface area contributed by atoms with Crippen LogP contribution in [0.5, 0.6) is 0 Å². The van der Waals surface area contributed by atoms with Crippen LogP contribution in [0.2, 0.25) is 0 Å². The first-order valence-corrected chi connectivity index (χ1v) is 24.3. The monoisotopic (exact) mass is 889 g/mol. The molecule has 12 aromatic carbocycles. The van der Waals surface area contributed by atoms with Gasteiger partial charge in [-0.1, -0.05) is 249 Å². The Morgan fingerprint density at radius 2 is 0.700 bits per heavy atom. The van der Waals surface area contributed by atoms with E-state index in [0.717, 1.165) is 28.2 Å². The van der Waals surface area contributed by atoms with Crippen LogP contribution in [-0.2, 0) is 5.41 Å². The van der Waals surface area contributed by atoms with E-state index in [1.807, 2.05) is 0 Å². The van der Waals surface area contributed by atoms with Crippen molar-refractivity contribution in [3.8, 4) is 55.6 Å². The predicted octanol–water partition coefficient (Wildman–Crippen LogP) is 18.5. The van der Waals surface area contributed by atoms with Crippen molar-refractivity contribution in [2.75, 3.05) is 4.90 Å². The highest BCUT2D eigenvalue weighted by atomic mass is 15.1. The molecule has 0 saturated carbocycles. The van der Waals surface area contributed by atoms with Crippen LogP contribution in [0.15, 0.2) is 285 Å². The highest BCUT2D eigenvalue weighted by Crippen LogP contribution is 2.58. The van der Waals surface area contributed by atoms with Crippen molar-refractivity contribution in [2.24, 2.45) is 0 Å². The van der Waals surface area contributed by atoms with Crippen LogP contribution in [0.1, 0.15) is 22.3 Å². The minimum absolute atomic E-state index is 0.567. The van der Waals surface area contributed by atoms with Gasteiger partial charge in [-0.15, -0.1) is 0 Å². The molecule has 0 heterocycles. The Morgan fingerprint density at radius 1 is 0.243 bits per heavy atom. The Kier molecular flexibility index (Phi) is 10.1. The predicted molar refractivity (Wildman–Crippen MR) is 295 cm³/mol. The van der Waals surface area contributed by atoms with Crippen molar-refractivity contribution in [2.45, 2.75) is 5.41 Å². The fraction of sp³-hybridized carbons (Fsp3) is 0.0145. The SMILES string of the molecule is c1ccc(-c2ccc(N(c3ccc4c(c3)C(c3ccccc3)(c3ccccc3)c3ccccc3-4)c3ccc4c(c3)c(-c3ccccc3)c(-c3ccccc3)c3ccccc34)c(-c3ccccc3)c2)cc1. The topological polar surface area (TPSA) is 3.24 Å². The van der Waals surface area contributed by atoms with Crippen LogP contribution in [0.25, 0.3) is 77.2 Å². The van der Waals surface area contributed by atoms with Crippen molar-refractivity contribution in [1.29, 1.82) is 0 Å². The lowest BCUT2D eigenvalue weighted by Crippen LogP contribution is -2.28. The molecule has 0 unspecified atom stereocenters. The maximum Gasteiger partial charge on any atom is 0.0714 e. The summed E-state index contributed by atoms with van der Waals surface area (Å²) in [6.07, 6.45) is 0. The van der Waals surface area contributed by atoms with Crippen molar-refractivity contribution < 1.29 is 0 Å². The smallest absolute Gasteiger partial charge is 0.0714 e. The Bertz CT molecular complexity index is 3810.